The molecular formula is C11H8BrNO3. The van der Waals surface area contributed by atoms with Crippen molar-refractivity contribution in [1.29, 1.82) is 0 Å². The first-order chi connectivity index (χ1) is 7.70. The minimum Gasteiger partial charge on any atom is -0.464 e. The van der Waals surface area contributed by atoms with Crippen molar-refractivity contribution in [2.75, 3.05) is 7.11 Å². The Hall–Kier alpha value is -1.62. The summed E-state index contributed by atoms with van der Waals surface area (Å²) in [5.74, 6) is -0.111. The first-order valence-corrected chi connectivity index (χ1v) is 5.30. The maximum atomic E-state index is 11.2. The van der Waals surface area contributed by atoms with E-state index in [1.807, 2.05) is 24.3 Å². The number of hydrogen-bond acceptors (Lipinski definition) is 4. The summed E-state index contributed by atoms with van der Waals surface area (Å²) in [6, 6.07) is 7.43. The summed E-state index contributed by atoms with van der Waals surface area (Å²) in [5, 5.41) is 0. The molecule has 5 heteroatoms. The average molecular weight is 282 g/mol. The Kier molecular flexibility index (Phi) is 3.05. The minimum atomic E-state index is -0.507. The number of nitrogens with zero attached hydrogens (tertiary/aromatic N) is 1. The first kappa shape index (κ1) is 10.9. The minimum absolute atomic E-state index is 0.167. The Morgan fingerprint density at radius 1 is 1.38 bits per heavy atom. The van der Waals surface area contributed by atoms with Gasteiger partial charge in [-0.15, -0.1) is 0 Å². The number of rotatable bonds is 2. The van der Waals surface area contributed by atoms with Gasteiger partial charge in [-0.25, -0.2) is 9.78 Å². The van der Waals surface area contributed by atoms with Crippen LogP contribution in [0.5, 0.6) is 0 Å². The molecule has 0 radical (unpaired) electrons. The highest BCUT2D eigenvalue weighted by Gasteiger charge is 2.13. The molecule has 2 aromatic rings. The standard InChI is InChI=1S/C11H8BrNO3/c1-15-11(14)9-6-16-10(13-9)7-2-4-8(12)5-3-7/h2-6H,1H3. The molecule has 0 saturated carbocycles. The largest absolute Gasteiger partial charge is 0.464 e. The summed E-state index contributed by atoms with van der Waals surface area (Å²) in [4.78, 5) is 15.2. The fraction of sp³-hybridized carbons (Fsp3) is 0.0909. The first-order valence-electron chi connectivity index (χ1n) is 4.50. The molecule has 4 nitrogen and oxygen atoms in total. The van der Waals surface area contributed by atoms with Crippen LogP contribution < -0.4 is 0 Å². The molecule has 0 atom stereocenters. The number of carbonyl (C=O) groups is 1. The van der Waals surface area contributed by atoms with E-state index in [-0.39, 0.29) is 5.69 Å². The Morgan fingerprint density at radius 2 is 2.06 bits per heavy atom. The number of hydrogen-bond donors (Lipinski definition) is 0. The van der Waals surface area contributed by atoms with Gasteiger partial charge in [0.15, 0.2) is 5.69 Å². The number of oxazole rings is 1. The zero-order chi connectivity index (χ0) is 11.5. The Morgan fingerprint density at radius 3 is 2.69 bits per heavy atom. The van der Waals surface area contributed by atoms with E-state index < -0.39 is 5.97 Å². The molecule has 0 N–H and O–H groups in total. The fourth-order valence-corrected chi connectivity index (χ4v) is 1.46. The van der Waals surface area contributed by atoms with Crippen molar-refractivity contribution in [2.24, 2.45) is 0 Å². The molecule has 0 aliphatic heterocycles. The molecule has 0 fully saturated rings. The van der Waals surface area contributed by atoms with Crippen molar-refractivity contribution in [3.05, 3.63) is 40.7 Å². The van der Waals surface area contributed by atoms with Crippen molar-refractivity contribution in [3.63, 3.8) is 0 Å². The Labute approximate surface area is 100 Å². The lowest BCUT2D eigenvalue weighted by Crippen LogP contribution is -2.00. The average Bonchev–Trinajstić information content (AvgIpc) is 2.78. The van der Waals surface area contributed by atoms with Crippen LogP contribution in [-0.4, -0.2) is 18.1 Å². The smallest absolute Gasteiger partial charge is 0.360 e. The quantitative estimate of drug-likeness (QED) is 0.795. The summed E-state index contributed by atoms with van der Waals surface area (Å²) < 4.78 is 10.7. The molecule has 0 aliphatic rings. The predicted octanol–water partition coefficient (Wildman–Crippen LogP) is 2.89. The van der Waals surface area contributed by atoms with Gasteiger partial charge in [-0.1, -0.05) is 15.9 Å². The van der Waals surface area contributed by atoms with Crippen LogP contribution in [0.4, 0.5) is 0 Å². The molecule has 16 heavy (non-hydrogen) atoms. The van der Waals surface area contributed by atoms with Crippen LogP contribution in [0.3, 0.4) is 0 Å². The van der Waals surface area contributed by atoms with Gasteiger partial charge in [0.1, 0.15) is 6.26 Å². The van der Waals surface area contributed by atoms with E-state index in [0.29, 0.717) is 5.89 Å². The predicted molar refractivity (Wildman–Crippen MR) is 61.0 cm³/mol. The molecule has 0 aliphatic carbocycles. The van der Waals surface area contributed by atoms with Gasteiger partial charge in [0.05, 0.1) is 7.11 Å². The number of methoxy groups -OCH3 is 1. The second-order valence-corrected chi connectivity index (χ2v) is 3.95. The second-order valence-electron chi connectivity index (χ2n) is 3.04. The number of ether oxygens (including phenoxy) is 1. The van der Waals surface area contributed by atoms with E-state index in [2.05, 4.69) is 25.7 Å². The van der Waals surface area contributed by atoms with E-state index in [4.69, 9.17) is 4.42 Å². The molecular weight excluding hydrogens is 274 g/mol. The number of aromatic nitrogens is 1. The third-order valence-corrected chi connectivity index (χ3v) is 2.52. The monoisotopic (exact) mass is 281 g/mol. The van der Waals surface area contributed by atoms with E-state index >= 15 is 0 Å². The maximum Gasteiger partial charge on any atom is 0.360 e. The lowest BCUT2D eigenvalue weighted by atomic mass is 10.2. The van der Waals surface area contributed by atoms with E-state index in [1.165, 1.54) is 13.4 Å². The van der Waals surface area contributed by atoms with Gasteiger partial charge in [0, 0.05) is 10.0 Å². The lowest BCUT2D eigenvalue weighted by molar-refractivity contribution is 0.0594. The van der Waals surface area contributed by atoms with Crippen molar-refractivity contribution in [1.82, 2.24) is 4.98 Å². The molecule has 0 unspecified atom stereocenters. The van der Waals surface area contributed by atoms with Crippen molar-refractivity contribution in [3.8, 4) is 11.5 Å². The molecule has 0 bridgehead atoms. The number of esters is 1. The van der Waals surface area contributed by atoms with Gasteiger partial charge in [-0.05, 0) is 24.3 Å². The van der Waals surface area contributed by atoms with Crippen LogP contribution in [0.2, 0.25) is 0 Å². The zero-order valence-corrected chi connectivity index (χ0v) is 10.0. The van der Waals surface area contributed by atoms with Gasteiger partial charge in [-0.2, -0.15) is 0 Å². The van der Waals surface area contributed by atoms with Crippen LogP contribution in [0.25, 0.3) is 11.5 Å². The van der Waals surface area contributed by atoms with Crippen LogP contribution in [0.1, 0.15) is 10.5 Å². The normalized spacial score (nSPS) is 10.1. The van der Waals surface area contributed by atoms with Crippen molar-refractivity contribution in [2.45, 2.75) is 0 Å². The molecule has 0 amide bonds. The highest BCUT2D eigenvalue weighted by molar-refractivity contribution is 9.10. The van der Waals surface area contributed by atoms with E-state index in [9.17, 15) is 4.79 Å². The molecule has 2 rings (SSSR count). The number of halogens is 1. The summed E-state index contributed by atoms with van der Waals surface area (Å²) in [7, 11) is 1.30. The SMILES string of the molecule is COC(=O)c1coc(-c2ccc(Br)cc2)n1. The van der Waals surface area contributed by atoms with Gasteiger partial charge in [0.25, 0.3) is 0 Å². The topological polar surface area (TPSA) is 52.3 Å². The van der Waals surface area contributed by atoms with Crippen LogP contribution in [-0.2, 0) is 4.74 Å². The van der Waals surface area contributed by atoms with Gasteiger partial charge >= 0.3 is 5.97 Å². The summed E-state index contributed by atoms with van der Waals surface area (Å²) in [5.41, 5.74) is 0.971. The molecule has 0 saturated heterocycles. The maximum absolute atomic E-state index is 11.2. The fourth-order valence-electron chi connectivity index (χ4n) is 1.20. The van der Waals surface area contributed by atoms with E-state index in [1.54, 1.807) is 0 Å². The number of carbonyl (C=O) groups excluding carboxylic acids is 1. The summed E-state index contributed by atoms with van der Waals surface area (Å²) in [6.07, 6.45) is 1.28. The molecule has 82 valence electrons. The summed E-state index contributed by atoms with van der Waals surface area (Å²) >= 11 is 3.33. The molecule has 1 aromatic heterocycles. The van der Waals surface area contributed by atoms with Gasteiger partial charge < -0.3 is 9.15 Å². The van der Waals surface area contributed by atoms with Crippen LogP contribution in [0.15, 0.2) is 39.4 Å². The third kappa shape index (κ3) is 2.14. The zero-order valence-electron chi connectivity index (χ0n) is 8.44. The van der Waals surface area contributed by atoms with Crippen molar-refractivity contribution < 1.29 is 13.9 Å². The van der Waals surface area contributed by atoms with Crippen LogP contribution in [0, 0.1) is 0 Å². The third-order valence-electron chi connectivity index (χ3n) is 1.99. The Balaban J connectivity index is 2.31. The van der Waals surface area contributed by atoms with Crippen molar-refractivity contribution >= 4 is 21.9 Å². The highest BCUT2D eigenvalue weighted by Crippen LogP contribution is 2.21. The molecule has 1 aromatic carbocycles. The molecule has 1 heterocycles. The lowest BCUT2D eigenvalue weighted by Gasteiger charge is -1.94. The molecule has 0 spiro atoms. The van der Waals surface area contributed by atoms with Gasteiger partial charge in [0.2, 0.25) is 5.89 Å². The van der Waals surface area contributed by atoms with E-state index in [0.717, 1.165) is 10.0 Å². The second kappa shape index (κ2) is 4.49. The number of benzene rings is 1. The highest BCUT2D eigenvalue weighted by atomic mass is 79.9. The van der Waals surface area contributed by atoms with Gasteiger partial charge in [-0.3, -0.25) is 0 Å². The summed E-state index contributed by atoms with van der Waals surface area (Å²) in [6.45, 7) is 0. The van der Waals surface area contributed by atoms with Crippen LogP contribution >= 0.6 is 15.9 Å². The Bertz CT molecular complexity index is 504.